The molecule has 0 radical (unpaired) electrons. The topological polar surface area (TPSA) is 63.7 Å². The van der Waals surface area contributed by atoms with Gasteiger partial charge in [-0.2, -0.15) is 0 Å². The largest absolute Gasteiger partial charge is 0.494 e. The summed E-state index contributed by atoms with van der Waals surface area (Å²) in [4.78, 5) is 18.9. The molecule has 142 valence electrons. The van der Waals surface area contributed by atoms with Gasteiger partial charge in [-0.3, -0.25) is 4.98 Å². The second kappa shape index (κ2) is 7.86. The standard InChI is InChI=1S/C21H25N3O3/c1-2-26-18-7-3-15(4-8-18)23-21(25)24-16-5-6-17(24)14-20(13-16)27-19-9-11-22-12-10-19/h3-4,7-12,16-17,20H,2,5-6,13-14H2,1H3,(H,23,25). The molecule has 0 saturated carbocycles. The summed E-state index contributed by atoms with van der Waals surface area (Å²) < 4.78 is 11.6. The van der Waals surface area contributed by atoms with Crippen LogP contribution in [0.4, 0.5) is 10.5 Å². The number of fused-ring (bicyclic) bond motifs is 2. The van der Waals surface area contributed by atoms with Crippen molar-refractivity contribution in [3.63, 3.8) is 0 Å². The van der Waals surface area contributed by atoms with E-state index in [1.165, 1.54) is 0 Å². The predicted molar refractivity (Wildman–Crippen MR) is 103 cm³/mol. The number of carbonyl (C=O) groups excluding carboxylic acids is 1. The van der Waals surface area contributed by atoms with Gasteiger partial charge in [-0.1, -0.05) is 0 Å². The average Bonchev–Trinajstić information content (AvgIpc) is 2.95. The number of amides is 2. The van der Waals surface area contributed by atoms with Crippen LogP contribution in [-0.2, 0) is 0 Å². The third kappa shape index (κ3) is 3.99. The molecule has 1 N–H and O–H groups in total. The lowest BCUT2D eigenvalue weighted by molar-refractivity contribution is 0.0732. The van der Waals surface area contributed by atoms with E-state index in [2.05, 4.69) is 10.3 Å². The first-order chi connectivity index (χ1) is 13.2. The highest BCUT2D eigenvalue weighted by Crippen LogP contribution is 2.37. The first-order valence-corrected chi connectivity index (χ1v) is 9.62. The van der Waals surface area contributed by atoms with Crippen LogP contribution >= 0.6 is 0 Å². The highest BCUT2D eigenvalue weighted by molar-refractivity contribution is 5.90. The first kappa shape index (κ1) is 17.6. The van der Waals surface area contributed by atoms with Gasteiger partial charge >= 0.3 is 6.03 Å². The van der Waals surface area contributed by atoms with Crippen LogP contribution in [0.1, 0.15) is 32.6 Å². The number of anilines is 1. The Morgan fingerprint density at radius 2 is 1.74 bits per heavy atom. The Labute approximate surface area is 159 Å². The quantitative estimate of drug-likeness (QED) is 0.865. The van der Waals surface area contributed by atoms with E-state index < -0.39 is 0 Å². The van der Waals surface area contributed by atoms with Crippen LogP contribution in [0.25, 0.3) is 0 Å². The fourth-order valence-electron chi connectivity index (χ4n) is 4.15. The molecule has 2 amide bonds. The van der Waals surface area contributed by atoms with Crippen molar-refractivity contribution in [3.8, 4) is 11.5 Å². The van der Waals surface area contributed by atoms with Crippen molar-refractivity contribution in [3.05, 3.63) is 48.8 Å². The van der Waals surface area contributed by atoms with Crippen LogP contribution < -0.4 is 14.8 Å². The van der Waals surface area contributed by atoms with Crippen LogP contribution in [0.5, 0.6) is 11.5 Å². The molecule has 2 unspecified atom stereocenters. The molecule has 2 saturated heterocycles. The lowest BCUT2D eigenvalue weighted by Crippen LogP contribution is -2.50. The second-order valence-corrected chi connectivity index (χ2v) is 7.07. The van der Waals surface area contributed by atoms with Gasteiger partial charge in [0.2, 0.25) is 0 Å². The maximum absolute atomic E-state index is 12.8. The molecular weight excluding hydrogens is 342 g/mol. The molecule has 0 aliphatic carbocycles. The normalized spacial score (nSPS) is 23.7. The summed E-state index contributed by atoms with van der Waals surface area (Å²) in [6, 6.07) is 11.7. The van der Waals surface area contributed by atoms with E-state index in [0.29, 0.717) is 6.61 Å². The number of pyridine rings is 1. The molecule has 2 aromatic rings. The van der Waals surface area contributed by atoms with E-state index in [0.717, 1.165) is 42.9 Å². The van der Waals surface area contributed by atoms with Crippen LogP contribution in [0.15, 0.2) is 48.8 Å². The molecule has 6 nitrogen and oxygen atoms in total. The Kier molecular flexibility index (Phi) is 5.14. The summed E-state index contributed by atoms with van der Waals surface area (Å²) in [6.45, 7) is 2.58. The molecule has 6 heteroatoms. The number of nitrogens with zero attached hydrogens (tertiary/aromatic N) is 2. The van der Waals surface area contributed by atoms with Crippen molar-refractivity contribution in [1.29, 1.82) is 0 Å². The molecule has 0 spiro atoms. The van der Waals surface area contributed by atoms with Gasteiger partial charge in [0.25, 0.3) is 0 Å². The summed E-state index contributed by atoms with van der Waals surface area (Å²) in [5.74, 6) is 1.66. The van der Waals surface area contributed by atoms with E-state index in [4.69, 9.17) is 9.47 Å². The monoisotopic (exact) mass is 367 g/mol. The van der Waals surface area contributed by atoms with Crippen LogP contribution in [0, 0.1) is 0 Å². The summed E-state index contributed by atoms with van der Waals surface area (Å²) in [5, 5.41) is 3.03. The molecule has 3 heterocycles. The molecule has 1 aromatic heterocycles. The summed E-state index contributed by atoms with van der Waals surface area (Å²) >= 11 is 0. The smallest absolute Gasteiger partial charge is 0.322 e. The molecule has 2 fully saturated rings. The lowest BCUT2D eigenvalue weighted by Gasteiger charge is -2.38. The Balaban J connectivity index is 1.36. The van der Waals surface area contributed by atoms with E-state index in [1.807, 2.05) is 48.2 Å². The van der Waals surface area contributed by atoms with Crippen LogP contribution in [0.2, 0.25) is 0 Å². The highest BCUT2D eigenvalue weighted by atomic mass is 16.5. The van der Waals surface area contributed by atoms with Gasteiger partial charge < -0.3 is 19.7 Å². The van der Waals surface area contributed by atoms with Crippen LogP contribution in [-0.4, -0.2) is 40.7 Å². The Hall–Kier alpha value is -2.76. The number of ether oxygens (including phenoxy) is 2. The van der Waals surface area contributed by atoms with Gasteiger partial charge in [0, 0.05) is 43.0 Å². The Morgan fingerprint density at radius 1 is 1.07 bits per heavy atom. The fourth-order valence-corrected chi connectivity index (χ4v) is 4.15. The molecular formula is C21H25N3O3. The zero-order valence-electron chi connectivity index (χ0n) is 15.5. The van der Waals surface area contributed by atoms with Gasteiger partial charge in [0.15, 0.2) is 0 Å². The zero-order valence-corrected chi connectivity index (χ0v) is 15.5. The Bertz CT molecular complexity index is 752. The van der Waals surface area contributed by atoms with Crippen molar-refractivity contribution in [2.45, 2.75) is 50.8 Å². The van der Waals surface area contributed by atoms with Gasteiger partial charge in [-0.25, -0.2) is 4.79 Å². The molecule has 2 bridgehead atoms. The summed E-state index contributed by atoms with van der Waals surface area (Å²) in [6.07, 6.45) is 7.45. The van der Waals surface area contributed by atoms with Crippen molar-refractivity contribution in [1.82, 2.24) is 9.88 Å². The zero-order chi connectivity index (χ0) is 18.6. The molecule has 4 rings (SSSR count). The SMILES string of the molecule is CCOc1ccc(NC(=O)N2C3CCC2CC(Oc2ccncc2)C3)cc1. The number of piperidine rings is 1. The minimum Gasteiger partial charge on any atom is -0.494 e. The Morgan fingerprint density at radius 3 is 2.37 bits per heavy atom. The van der Waals surface area contributed by atoms with Gasteiger partial charge in [-0.05, 0) is 56.2 Å². The average molecular weight is 367 g/mol. The number of carbonyl (C=O) groups is 1. The van der Waals surface area contributed by atoms with E-state index >= 15 is 0 Å². The van der Waals surface area contributed by atoms with E-state index in [-0.39, 0.29) is 24.2 Å². The predicted octanol–water partition coefficient (Wildman–Crippen LogP) is 4.09. The van der Waals surface area contributed by atoms with Gasteiger partial charge in [0.1, 0.15) is 17.6 Å². The third-order valence-electron chi connectivity index (χ3n) is 5.29. The molecule has 2 atom stereocenters. The van der Waals surface area contributed by atoms with Crippen molar-refractivity contribution < 1.29 is 14.3 Å². The minimum atomic E-state index is -0.0194. The second-order valence-electron chi connectivity index (χ2n) is 7.07. The number of urea groups is 1. The molecule has 2 aliphatic heterocycles. The highest BCUT2D eigenvalue weighted by Gasteiger charge is 2.44. The molecule has 27 heavy (non-hydrogen) atoms. The van der Waals surface area contributed by atoms with Crippen molar-refractivity contribution in [2.24, 2.45) is 0 Å². The summed E-state index contributed by atoms with van der Waals surface area (Å²) in [5.41, 5.74) is 0.790. The summed E-state index contributed by atoms with van der Waals surface area (Å²) in [7, 11) is 0. The number of hydrogen-bond acceptors (Lipinski definition) is 4. The fraction of sp³-hybridized carbons (Fsp3) is 0.429. The van der Waals surface area contributed by atoms with Crippen molar-refractivity contribution >= 4 is 11.7 Å². The number of nitrogens with one attached hydrogen (secondary N) is 1. The van der Waals surface area contributed by atoms with E-state index in [1.54, 1.807) is 12.4 Å². The number of rotatable bonds is 5. The molecule has 1 aromatic carbocycles. The minimum absolute atomic E-state index is 0.0194. The van der Waals surface area contributed by atoms with Crippen molar-refractivity contribution in [2.75, 3.05) is 11.9 Å². The third-order valence-corrected chi connectivity index (χ3v) is 5.29. The number of benzene rings is 1. The van der Waals surface area contributed by atoms with Gasteiger partial charge in [-0.15, -0.1) is 0 Å². The lowest BCUT2D eigenvalue weighted by atomic mass is 10.00. The van der Waals surface area contributed by atoms with Gasteiger partial charge in [0.05, 0.1) is 6.61 Å². The van der Waals surface area contributed by atoms with Crippen LogP contribution in [0.3, 0.4) is 0 Å². The maximum atomic E-state index is 12.8. The first-order valence-electron chi connectivity index (χ1n) is 9.62. The molecule has 2 aliphatic rings. The number of aromatic nitrogens is 1. The number of hydrogen-bond donors (Lipinski definition) is 1. The maximum Gasteiger partial charge on any atom is 0.322 e. The van der Waals surface area contributed by atoms with E-state index in [9.17, 15) is 4.79 Å².